The van der Waals surface area contributed by atoms with E-state index in [0.29, 0.717) is 6.42 Å². The van der Waals surface area contributed by atoms with Crippen LogP contribution in [0.25, 0.3) is 11.1 Å². The van der Waals surface area contributed by atoms with Crippen molar-refractivity contribution in [2.24, 2.45) is 0 Å². The lowest BCUT2D eigenvalue weighted by Crippen LogP contribution is -2.20. The van der Waals surface area contributed by atoms with Gasteiger partial charge in [-0.1, -0.05) is 406 Å². The minimum atomic E-state index is -0.446. The molecule has 1 N–H and O–H groups in total. The Hall–Kier alpha value is -9.73. The summed E-state index contributed by atoms with van der Waals surface area (Å²) in [6.07, 6.45) is 0.504. The van der Waals surface area contributed by atoms with Crippen molar-refractivity contribution in [1.82, 2.24) is 0 Å². The van der Waals surface area contributed by atoms with Crippen LogP contribution in [0.15, 0.2) is 413 Å². The second-order valence-electron chi connectivity index (χ2n) is 21.3. The molecule has 1 aliphatic rings. The highest BCUT2D eigenvalue weighted by Crippen LogP contribution is 2.36. The highest BCUT2D eigenvalue weighted by Gasteiger charge is 2.20. The fourth-order valence-electron chi connectivity index (χ4n) is 10.7. The van der Waals surface area contributed by atoms with E-state index in [9.17, 15) is 4.79 Å². The number of benzene rings is 14. The maximum atomic E-state index is 11.2. The molecule has 1 amide bonds. The first kappa shape index (κ1) is 63.8. The average Bonchev–Trinajstić information content (AvgIpc) is 2.19. The quantitative estimate of drug-likeness (QED) is 0.115. The molecular weight excluding hydrogens is 1190 g/mol. The molecule has 0 unspecified atom stereocenters. The van der Waals surface area contributed by atoms with E-state index < -0.39 is 31.7 Å². The lowest BCUT2D eigenvalue weighted by molar-refractivity contribution is -0.115. The first-order chi connectivity index (χ1) is 45.6. The topological polar surface area (TPSA) is 29.1 Å². The summed E-state index contributed by atoms with van der Waals surface area (Å²) in [5, 5.41) is 19.6. The number of hydrogen-bond donors (Lipinski definition) is 1. The van der Waals surface area contributed by atoms with E-state index in [1.807, 2.05) is 30.3 Å². The Morgan fingerprint density at radius 2 is 0.370 bits per heavy atom. The first-order valence-corrected chi connectivity index (χ1v) is 36.3. The van der Waals surface area contributed by atoms with Gasteiger partial charge < -0.3 is 5.32 Å². The van der Waals surface area contributed by atoms with E-state index in [1.54, 1.807) is 0 Å². The smallest absolute Gasteiger partial charge is 0.228 e. The molecule has 6 heteroatoms. The van der Waals surface area contributed by atoms with Gasteiger partial charge in [-0.05, 0) is 118 Å². The van der Waals surface area contributed by atoms with Crippen LogP contribution >= 0.6 is 31.7 Å². The summed E-state index contributed by atoms with van der Waals surface area (Å²) in [6, 6.07) is 146. The lowest BCUT2D eigenvalue weighted by Gasteiger charge is -2.18. The predicted molar refractivity (Wildman–Crippen MR) is 405 cm³/mol. The third-order valence-corrected chi connectivity index (χ3v) is 24.8. The van der Waals surface area contributed by atoms with Crippen molar-refractivity contribution in [3.8, 4) is 11.1 Å². The number of anilines is 1. The molecule has 14 aromatic rings. The van der Waals surface area contributed by atoms with Gasteiger partial charge in [-0.3, -0.25) is 4.79 Å². The summed E-state index contributed by atoms with van der Waals surface area (Å²) in [5.74, 6) is 0.0835. The summed E-state index contributed by atoms with van der Waals surface area (Å²) in [4.78, 5) is 11.2. The van der Waals surface area contributed by atoms with Crippen LogP contribution in [0.1, 0.15) is 5.56 Å². The second kappa shape index (κ2) is 34.5. The second-order valence-corrected chi connectivity index (χ2v) is 30.2. The minimum absolute atomic E-state index is 0.0835. The number of fused-ring (bicyclic) bond motifs is 1. The Morgan fingerprint density at radius 3 is 0.554 bits per heavy atom. The van der Waals surface area contributed by atoms with Crippen LogP contribution in [0.2, 0.25) is 0 Å². The van der Waals surface area contributed by atoms with Gasteiger partial charge in [-0.2, -0.15) is 0 Å². The van der Waals surface area contributed by atoms with Crippen LogP contribution < -0.4 is 69.0 Å². The molecule has 1 heterocycles. The van der Waals surface area contributed by atoms with Gasteiger partial charge in [-0.15, -0.1) is 0 Å². The Bertz CT molecular complexity index is 3510. The molecule has 92 heavy (non-hydrogen) atoms. The average molecular weight is 1260 g/mol. The number of rotatable bonds is 13. The fraction of sp³-hybridized carbons (Fsp3) is 0.0116. The number of nitrogens with one attached hydrogen (secondary N) is 1. The molecule has 2 nitrogen and oxygen atoms in total. The van der Waals surface area contributed by atoms with Crippen LogP contribution in [0.3, 0.4) is 0 Å². The summed E-state index contributed by atoms with van der Waals surface area (Å²) in [7, 11) is -1.78. The van der Waals surface area contributed by atoms with E-state index in [2.05, 4.69) is 387 Å². The molecular formula is C86H71NOP4. The molecule has 0 bridgehead atoms. The van der Waals surface area contributed by atoms with Gasteiger partial charge in [0.05, 0.1) is 6.42 Å². The van der Waals surface area contributed by atoms with Crippen molar-refractivity contribution in [2.75, 3.05) is 5.32 Å². The Balaban J connectivity index is 0.000000118. The SMILES string of the molecule is O=C1Cc2ccc(-c3ccccc3)cc2N1.c1ccc(P(c2ccccc2)c2ccccc2)cc1.c1ccc(P(c2ccccc2)c2ccccc2)cc1.c1ccc(P(c2ccccc2)c2ccccc2)cc1.c1ccc(P(c2ccccc2)c2ccccc2)cc1. The third-order valence-electron chi connectivity index (χ3n) is 15.0. The molecule has 14 aromatic carbocycles. The minimum Gasteiger partial charge on any atom is -0.326 e. The lowest BCUT2D eigenvalue weighted by atomic mass is 10.0. The molecule has 0 saturated carbocycles. The van der Waals surface area contributed by atoms with Crippen molar-refractivity contribution >= 4 is 107 Å². The Kier molecular flexibility index (Phi) is 23.9. The predicted octanol–water partition coefficient (Wildman–Crippen LogP) is 16.6. The molecule has 0 atom stereocenters. The van der Waals surface area contributed by atoms with E-state index >= 15 is 0 Å². The number of carbonyl (C=O) groups is 1. The molecule has 1 aliphatic heterocycles. The van der Waals surface area contributed by atoms with Crippen LogP contribution in [0.5, 0.6) is 0 Å². The van der Waals surface area contributed by atoms with E-state index in [1.165, 1.54) is 69.2 Å². The zero-order valence-corrected chi connectivity index (χ0v) is 54.7. The van der Waals surface area contributed by atoms with Crippen LogP contribution in [0.4, 0.5) is 5.69 Å². The van der Waals surface area contributed by atoms with Gasteiger partial charge in [0, 0.05) is 5.69 Å². The maximum absolute atomic E-state index is 11.2. The number of hydrogen-bond acceptors (Lipinski definition) is 1. The largest absolute Gasteiger partial charge is 0.326 e. The highest BCUT2D eigenvalue weighted by molar-refractivity contribution is 7.81. The van der Waals surface area contributed by atoms with Crippen molar-refractivity contribution in [2.45, 2.75) is 6.42 Å². The van der Waals surface area contributed by atoms with Crippen LogP contribution in [0, 0.1) is 0 Å². The van der Waals surface area contributed by atoms with Gasteiger partial charge in [-0.25, -0.2) is 0 Å². The molecule has 0 aliphatic carbocycles. The molecule has 0 radical (unpaired) electrons. The summed E-state index contributed by atoms with van der Waals surface area (Å²) in [6.45, 7) is 0. The van der Waals surface area contributed by atoms with E-state index in [4.69, 9.17) is 0 Å². The molecule has 0 saturated heterocycles. The summed E-state index contributed by atoms with van der Waals surface area (Å²) < 4.78 is 0. The zero-order chi connectivity index (χ0) is 62.6. The standard InChI is InChI=1S/4C18H15P.C14H11NO/c4*1-4-10-16(11-5-1)19(17-12-6-2-7-13-17)18-14-8-3-9-15-18;16-14-9-12-7-6-11(8-13(12)15-14)10-4-2-1-3-5-10/h4*1-15H;1-8H,9H2,(H,15,16). The van der Waals surface area contributed by atoms with Crippen molar-refractivity contribution in [3.05, 3.63) is 418 Å². The summed E-state index contributed by atoms with van der Waals surface area (Å²) in [5.41, 5.74) is 4.35. The molecule has 0 fully saturated rings. The van der Waals surface area contributed by atoms with Crippen LogP contribution in [-0.2, 0) is 11.2 Å². The van der Waals surface area contributed by atoms with Gasteiger partial charge in [0.25, 0.3) is 0 Å². The van der Waals surface area contributed by atoms with Crippen molar-refractivity contribution in [3.63, 3.8) is 0 Å². The highest BCUT2D eigenvalue weighted by atomic mass is 31.1. The first-order valence-electron chi connectivity index (χ1n) is 30.9. The maximum Gasteiger partial charge on any atom is 0.228 e. The zero-order valence-electron chi connectivity index (χ0n) is 51.2. The third kappa shape index (κ3) is 18.0. The molecule has 446 valence electrons. The number of carbonyl (C=O) groups excluding carboxylic acids is 1. The van der Waals surface area contributed by atoms with E-state index in [0.717, 1.165) is 16.8 Å². The number of amides is 1. The van der Waals surface area contributed by atoms with Crippen molar-refractivity contribution < 1.29 is 4.79 Å². The normalized spacial score (nSPS) is 11.1. The molecule has 0 spiro atoms. The summed E-state index contributed by atoms with van der Waals surface area (Å²) >= 11 is 0. The van der Waals surface area contributed by atoms with Gasteiger partial charge in [0.2, 0.25) is 5.91 Å². The van der Waals surface area contributed by atoms with Gasteiger partial charge >= 0.3 is 0 Å². The van der Waals surface area contributed by atoms with Gasteiger partial charge in [0.1, 0.15) is 0 Å². The molecule has 15 rings (SSSR count). The fourth-order valence-corrected chi connectivity index (χ4v) is 20.0. The van der Waals surface area contributed by atoms with E-state index in [-0.39, 0.29) is 5.91 Å². The van der Waals surface area contributed by atoms with Crippen molar-refractivity contribution in [1.29, 1.82) is 0 Å². The molecule has 0 aromatic heterocycles. The Labute approximate surface area is 549 Å². The van der Waals surface area contributed by atoms with Crippen LogP contribution in [-0.4, -0.2) is 5.91 Å². The monoisotopic (exact) mass is 1260 g/mol. The van der Waals surface area contributed by atoms with Gasteiger partial charge in [0.15, 0.2) is 0 Å². The Morgan fingerprint density at radius 1 is 0.196 bits per heavy atom.